The van der Waals surface area contributed by atoms with Gasteiger partial charge in [0, 0.05) is 25.1 Å². The van der Waals surface area contributed by atoms with Crippen LogP contribution in [0.1, 0.15) is 30.9 Å². The van der Waals surface area contributed by atoms with E-state index >= 15 is 0 Å². The van der Waals surface area contributed by atoms with E-state index in [-0.39, 0.29) is 11.5 Å². The van der Waals surface area contributed by atoms with E-state index in [1.54, 1.807) is 22.5 Å². The minimum absolute atomic E-state index is 0.0233. The van der Waals surface area contributed by atoms with E-state index in [1.165, 1.54) is 0 Å². The molecule has 4 nitrogen and oxygen atoms in total. The molecule has 0 spiro atoms. The van der Waals surface area contributed by atoms with Crippen LogP contribution in [0, 0.1) is 24.7 Å². The minimum atomic E-state index is -3.49. The van der Waals surface area contributed by atoms with Crippen LogP contribution in [0.2, 0.25) is 0 Å². The Labute approximate surface area is 126 Å². The summed E-state index contributed by atoms with van der Waals surface area (Å²) >= 11 is 0. The predicted octanol–water partition coefficient (Wildman–Crippen LogP) is 1.76. The highest BCUT2D eigenvalue weighted by Gasteiger charge is 2.31. The number of aliphatic hydroxyl groups is 1. The fourth-order valence-electron chi connectivity index (χ4n) is 2.43. The summed E-state index contributed by atoms with van der Waals surface area (Å²) in [4.78, 5) is 0.271. The number of benzene rings is 1. The van der Waals surface area contributed by atoms with Crippen LogP contribution in [0.3, 0.4) is 0 Å². The van der Waals surface area contributed by atoms with Gasteiger partial charge in [-0.15, -0.1) is 0 Å². The normalized spacial score (nSPS) is 19.3. The molecule has 5 heteroatoms. The number of nitrogens with zero attached hydrogens (tertiary/aromatic N) is 1. The molecule has 0 aromatic heterocycles. The van der Waals surface area contributed by atoms with E-state index < -0.39 is 10.0 Å². The van der Waals surface area contributed by atoms with Crippen molar-refractivity contribution in [3.05, 3.63) is 29.3 Å². The summed E-state index contributed by atoms with van der Waals surface area (Å²) in [6.45, 7) is 5.09. The zero-order chi connectivity index (χ0) is 15.5. The Bertz CT molecular complexity index is 670. The van der Waals surface area contributed by atoms with Gasteiger partial charge in [-0.1, -0.05) is 24.8 Å². The van der Waals surface area contributed by atoms with Crippen LogP contribution in [-0.2, 0) is 10.0 Å². The lowest BCUT2D eigenvalue weighted by Gasteiger charge is -2.17. The van der Waals surface area contributed by atoms with Crippen molar-refractivity contribution in [3.8, 4) is 11.8 Å². The standard InChI is InChI=1S/C16H21NO3S/c1-13-6-7-16(15(11-13)5-3-4-10-18)21(19,20)17-9-8-14(2)12-17/h6-7,11,14,18H,4,8-10,12H2,1-2H3. The fourth-order valence-corrected chi connectivity index (χ4v) is 4.13. The fraction of sp³-hybridized carbons (Fsp3) is 0.500. The van der Waals surface area contributed by atoms with Gasteiger partial charge >= 0.3 is 0 Å². The summed E-state index contributed by atoms with van der Waals surface area (Å²) in [7, 11) is -3.49. The molecule has 2 rings (SSSR count). The molecule has 0 bridgehead atoms. The third kappa shape index (κ3) is 3.65. The van der Waals surface area contributed by atoms with Crippen molar-refractivity contribution >= 4 is 10.0 Å². The molecule has 1 unspecified atom stereocenters. The molecule has 114 valence electrons. The van der Waals surface area contributed by atoms with Gasteiger partial charge in [0.2, 0.25) is 10.0 Å². The molecule has 1 heterocycles. The number of hydrogen-bond donors (Lipinski definition) is 1. The third-order valence-electron chi connectivity index (χ3n) is 3.60. The van der Waals surface area contributed by atoms with E-state index in [9.17, 15) is 8.42 Å². The van der Waals surface area contributed by atoms with Gasteiger partial charge in [0.05, 0.1) is 11.5 Å². The molecular weight excluding hydrogens is 286 g/mol. The van der Waals surface area contributed by atoms with Crippen LogP contribution in [0.5, 0.6) is 0 Å². The number of aliphatic hydroxyl groups excluding tert-OH is 1. The topological polar surface area (TPSA) is 57.6 Å². The van der Waals surface area contributed by atoms with E-state index in [4.69, 9.17) is 5.11 Å². The third-order valence-corrected chi connectivity index (χ3v) is 5.52. The monoisotopic (exact) mass is 307 g/mol. The maximum absolute atomic E-state index is 12.8. The Hall–Kier alpha value is -1.35. The molecule has 1 aromatic rings. The lowest BCUT2D eigenvalue weighted by molar-refractivity contribution is 0.305. The highest BCUT2D eigenvalue weighted by atomic mass is 32.2. The Balaban J connectivity index is 2.41. The first kappa shape index (κ1) is 16.0. The second-order valence-corrected chi connectivity index (χ2v) is 7.44. The van der Waals surface area contributed by atoms with E-state index in [2.05, 4.69) is 18.8 Å². The first-order chi connectivity index (χ1) is 9.95. The second-order valence-electron chi connectivity index (χ2n) is 5.53. The lowest BCUT2D eigenvalue weighted by Crippen LogP contribution is -2.29. The van der Waals surface area contributed by atoms with Gasteiger partial charge in [-0.3, -0.25) is 0 Å². The summed E-state index contributed by atoms with van der Waals surface area (Å²) in [5, 5.41) is 8.80. The average Bonchev–Trinajstić information content (AvgIpc) is 2.86. The smallest absolute Gasteiger partial charge is 0.244 e. The lowest BCUT2D eigenvalue weighted by atomic mass is 10.1. The molecule has 1 fully saturated rings. The summed E-state index contributed by atoms with van der Waals surface area (Å²) in [6.07, 6.45) is 1.24. The van der Waals surface area contributed by atoms with E-state index in [0.717, 1.165) is 12.0 Å². The van der Waals surface area contributed by atoms with Crippen LogP contribution < -0.4 is 0 Å². The SMILES string of the molecule is Cc1ccc(S(=O)(=O)N2CCC(C)C2)c(C#CCCO)c1. The van der Waals surface area contributed by atoms with Gasteiger partial charge in [-0.2, -0.15) is 4.31 Å². The van der Waals surface area contributed by atoms with Gasteiger partial charge < -0.3 is 5.11 Å². The van der Waals surface area contributed by atoms with Crippen LogP contribution in [0.15, 0.2) is 23.1 Å². The molecule has 0 aliphatic carbocycles. The molecule has 0 radical (unpaired) electrons. The average molecular weight is 307 g/mol. The summed E-state index contributed by atoms with van der Waals surface area (Å²) in [6, 6.07) is 5.22. The molecule has 0 amide bonds. The Morgan fingerprint density at radius 1 is 1.43 bits per heavy atom. The zero-order valence-corrected chi connectivity index (χ0v) is 13.3. The maximum atomic E-state index is 12.8. The summed E-state index contributed by atoms with van der Waals surface area (Å²) in [5.41, 5.74) is 1.49. The van der Waals surface area contributed by atoms with Crippen molar-refractivity contribution in [1.82, 2.24) is 4.31 Å². The van der Waals surface area contributed by atoms with E-state index in [0.29, 0.717) is 31.0 Å². The van der Waals surface area contributed by atoms with E-state index in [1.807, 2.05) is 6.92 Å². The first-order valence-electron chi connectivity index (χ1n) is 7.15. The number of rotatable bonds is 3. The summed E-state index contributed by atoms with van der Waals surface area (Å²) in [5.74, 6) is 6.08. The number of hydrogen-bond acceptors (Lipinski definition) is 3. The molecule has 1 saturated heterocycles. The summed E-state index contributed by atoms with van der Waals surface area (Å²) < 4.78 is 27.0. The van der Waals surface area contributed by atoms with Crippen LogP contribution in [0.25, 0.3) is 0 Å². The second kappa shape index (κ2) is 6.61. The largest absolute Gasteiger partial charge is 0.395 e. The van der Waals surface area contributed by atoms with Gasteiger partial charge in [0.1, 0.15) is 0 Å². The zero-order valence-electron chi connectivity index (χ0n) is 12.5. The Kier molecular flexibility index (Phi) is 5.04. The molecule has 21 heavy (non-hydrogen) atoms. The Morgan fingerprint density at radius 3 is 2.81 bits per heavy atom. The molecule has 1 aliphatic heterocycles. The van der Waals surface area contributed by atoms with Gasteiger partial charge in [0.25, 0.3) is 0 Å². The molecule has 0 saturated carbocycles. The van der Waals surface area contributed by atoms with Crippen LogP contribution in [-0.4, -0.2) is 37.5 Å². The van der Waals surface area contributed by atoms with Crippen molar-refractivity contribution in [3.63, 3.8) is 0 Å². The highest BCUT2D eigenvalue weighted by molar-refractivity contribution is 7.89. The van der Waals surface area contributed by atoms with Crippen molar-refractivity contribution in [2.75, 3.05) is 19.7 Å². The Morgan fingerprint density at radius 2 is 2.19 bits per heavy atom. The molecule has 1 aromatic carbocycles. The molecule has 1 aliphatic rings. The highest BCUT2D eigenvalue weighted by Crippen LogP contribution is 2.26. The van der Waals surface area contributed by atoms with Crippen molar-refractivity contribution < 1.29 is 13.5 Å². The van der Waals surface area contributed by atoms with Gasteiger partial charge in [-0.05, 0) is 37.0 Å². The van der Waals surface area contributed by atoms with Crippen molar-refractivity contribution in [1.29, 1.82) is 0 Å². The predicted molar refractivity (Wildman–Crippen MR) is 82.3 cm³/mol. The van der Waals surface area contributed by atoms with Crippen molar-refractivity contribution in [2.45, 2.75) is 31.6 Å². The molecular formula is C16H21NO3S. The maximum Gasteiger partial charge on any atom is 0.244 e. The number of sulfonamides is 1. The number of aryl methyl sites for hydroxylation is 1. The van der Waals surface area contributed by atoms with Crippen molar-refractivity contribution in [2.24, 2.45) is 5.92 Å². The van der Waals surface area contributed by atoms with Crippen LogP contribution in [0.4, 0.5) is 0 Å². The van der Waals surface area contributed by atoms with Gasteiger partial charge in [0.15, 0.2) is 0 Å². The van der Waals surface area contributed by atoms with Crippen LogP contribution >= 0.6 is 0 Å². The molecule has 1 atom stereocenters. The molecule has 1 N–H and O–H groups in total. The minimum Gasteiger partial charge on any atom is -0.395 e. The first-order valence-corrected chi connectivity index (χ1v) is 8.59. The quantitative estimate of drug-likeness (QED) is 0.866. The van der Waals surface area contributed by atoms with Gasteiger partial charge in [-0.25, -0.2) is 8.42 Å².